The molecule has 0 aliphatic carbocycles. The fraction of sp³-hybridized carbons (Fsp3) is 0.583. The van der Waals surface area contributed by atoms with Gasteiger partial charge < -0.3 is 20.3 Å². The Labute approximate surface area is 137 Å². The van der Waals surface area contributed by atoms with Crippen LogP contribution < -0.4 is 15.5 Å². The third-order valence-corrected chi connectivity index (χ3v) is 3.29. The molecule has 0 atom stereocenters. The molecule has 0 saturated carbocycles. The summed E-state index contributed by atoms with van der Waals surface area (Å²) in [4.78, 5) is 31.4. The van der Waals surface area contributed by atoms with Crippen LogP contribution in [0.2, 0.25) is 5.28 Å². The molecule has 11 heteroatoms. The highest BCUT2D eigenvalue weighted by Crippen LogP contribution is 2.34. The summed E-state index contributed by atoms with van der Waals surface area (Å²) in [7, 11) is 0. The number of aromatic nitrogens is 2. The maximum Gasteiger partial charge on any atom is 0.353 e. The predicted octanol–water partition coefficient (Wildman–Crippen LogP) is 0.423. The van der Waals surface area contributed by atoms with Gasteiger partial charge in [0.05, 0.1) is 18.1 Å². The molecule has 2 rings (SSSR count). The molecule has 2 N–H and O–H groups in total. The van der Waals surface area contributed by atoms with Crippen LogP contribution in [-0.2, 0) is 9.53 Å². The first-order chi connectivity index (χ1) is 11.0. The summed E-state index contributed by atoms with van der Waals surface area (Å²) >= 11 is 5.90. The van der Waals surface area contributed by atoms with E-state index in [1.165, 1.54) is 6.92 Å². The molecule has 10 nitrogen and oxygen atoms in total. The van der Waals surface area contributed by atoms with Gasteiger partial charge in [-0.15, -0.1) is 0 Å². The maximum atomic E-state index is 11.5. The van der Waals surface area contributed by atoms with Gasteiger partial charge in [0.1, 0.15) is 0 Å². The average molecular weight is 345 g/mol. The van der Waals surface area contributed by atoms with Gasteiger partial charge in [0.2, 0.25) is 22.8 Å². The molecule has 0 unspecified atom stereocenters. The lowest BCUT2D eigenvalue weighted by Crippen LogP contribution is -2.37. The minimum atomic E-state index is -0.540. The van der Waals surface area contributed by atoms with E-state index in [2.05, 4.69) is 20.6 Å². The van der Waals surface area contributed by atoms with E-state index in [4.69, 9.17) is 16.3 Å². The number of nitrogens with zero attached hydrogens (tertiary/aromatic N) is 4. The highest BCUT2D eigenvalue weighted by molar-refractivity contribution is 6.28. The smallest absolute Gasteiger partial charge is 0.353 e. The van der Waals surface area contributed by atoms with E-state index in [1.807, 2.05) is 0 Å². The lowest BCUT2D eigenvalue weighted by Gasteiger charge is -2.27. The minimum absolute atomic E-state index is 0.0295. The second-order valence-corrected chi connectivity index (χ2v) is 5.12. The van der Waals surface area contributed by atoms with Crippen LogP contribution in [0.25, 0.3) is 0 Å². The van der Waals surface area contributed by atoms with Gasteiger partial charge in [-0.2, -0.15) is 9.97 Å². The standard InChI is InChI=1S/C12H17ClN6O4/c1-8(20)14-2-3-15-10-9(19(21)22)11(17-12(13)16-10)18-4-6-23-7-5-18/h2-7H2,1H3,(H,14,20)(H,15,16,17). The molecule has 1 fully saturated rings. The minimum Gasteiger partial charge on any atom is -0.378 e. The normalized spacial score (nSPS) is 14.4. The summed E-state index contributed by atoms with van der Waals surface area (Å²) in [5.74, 6) is 0.0122. The molecule has 1 amide bonds. The molecule has 1 saturated heterocycles. The van der Waals surface area contributed by atoms with Crippen molar-refractivity contribution in [1.29, 1.82) is 0 Å². The number of nitro groups is 1. The van der Waals surface area contributed by atoms with E-state index >= 15 is 0 Å². The van der Waals surface area contributed by atoms with Crippen LogP contribution >= 0.6 is 11.6 Å². The predicted molar refractivity (Wildman–Crippen MR) is 83.9 cm³/mol. The molecule has 1 aromatic rings. The first-order valence-electron chi connectivity index (χ1n) is 7.02. The number of anilines is 2. The SMILES string of the molecule is CC(=O)NCCNc1nc(Cl)nc(N2CCOCC2)c1[N+](=O)[O-]. The summed E-state index contributed by atoms with van der Waals surface area (Å²) in [5.41, 5.74) is -0.237. The van der Waals surface area contributed by atoms with E-state index < -0.39 is 4.92 Å². The molecule has 0 radical (unpaired) electrons. The van der Waals surface area contributed by atoms with Crippen molar-refractivity contribution < 1.29 is 14.5 Å². The monoisotopic (exact) mass is 344 g/mol. The van der Waals surface area contributed by atoms with Crippen molar-refractivity contribution in [3.63, 3.8) is 0 Å². The van der Waals surface area contributed by atoms with Gasteiger partial charge in [-0.1, -0.05) is 0 Å². The number of halogens is 1. The highest BCUT2D eigenvalue weighted by Gasteiger charge is 2.29. The Kier molecular flexibility index (Phi) is 5.88. The molecular weight excluding hydrogens is 328 g/mol. The van der Waals surface area contributed by atoms with E-state index in [0.717, 1.165) is 0 Å². The molecule has 0 spiro atoms. The van der Waals surface area contributed by atoms with Crippen LogP contribution in [0.5, 0.6) is 0 Å². The average Bonchev–Trinajstić information content (AvgIpc) is 2.51. The number of ether oxygens (including phenoxy) is 1. The van der Waals surface area contributed by atoms with Crippen molar-refractivity contribution in [1.82, 2.24) is 15.3 Å². The van der Waals surface area contributed by atoms with Gasteiger partial charge >= 0.3 is 5.69 Å². The molecule has 2 heterocycles. The van der Waals surface area contributed by atoms with Crippen LogP contribution in [0.15, 0.2) is 0 Å². The van der Waals surface area contributed by atoms with Crippen LogP contribution in [0.3, 0.4) is 0 Å². The fourth-order valence-corrected chi connectivity index (χ4v) is 2.29. The zero-order valence-electron chi connectivity index (χ0n) is 12.5. The maximum absolute atomic E-state index is 11.5. The number of nitrogens with one attached hydrogen (secondary N) is 2. The molecule has 1 aliphatic rings. The van der Waals surface area contributed by atoms with E-state index in [0.29, 0.717) is 32.8 Å². The Morgan fingerprint density at radius 1 is 1.39 bits per heavy atom. The van der Waals surface area contributed by atoms with Crippen LogP contribution in [0.4, 0.5) is 17.3 Å². The van der Waals surface area contributed by atoms with Crippen LogP contribution in [0, 0.1) is 10.1 Å². The molecule has 0 aromatic carbocycles. The largest absolute Gasteiger partial charge is 0.378 e. The van der Waals surface area contributed by atoms with Gasteiger partial charge in [-0.25, -0.2) is 0 Å². The van der Waals surface area contributed by atoms with Gasteiger partial charge in [-0.3, -0.25) is 14.9 Å². The van der Waals surface area contributed by atoms with Crippen molar-refractivity contribution in [3.05, 3.63) is 15.4 Å². The Morgan fingerprint density at radius 2 is 2.09 bits per heavy atom. The molecule has 0 bridgehead atoms. The van der Waals surface area contributed by atoms with Crippen LogP contribution in [0.1, 0.15) is 6.92 Å². The highest BCUT2D eigenvalue weighted by atomic mass is 35.5. The van der Waals surface area contributed by atoms with E-state index in [9.17, 15) is 14.9 Å². The van der Waals surface area contributed by atoms with Crippen molar-refractivity contribution in [2.75, 3.05) is 49.6 Å². The quantitative estimate of drug-likeness (QED) is 0.329. The zero-order chi connectivity index (χ0) is 16.8. The number of morpholine rings is 1. The number of carbonyl (C=O) groups excluding carboxylic acids is 1. The number of carbonyl (C=O) groups is 1. The lowest BCUT2D eigenvalue weighted by atomic mass is 10.3. The Bertz CT molecular complexity index is 593. The first kappa shape index (κ1) is 17.2. The topological polar surface area (TPSA) is 123 Å². The van der Waals surface area contributed by atoms with Gasteiger partial charge in [0.25, 0.3) is 0 Å². The Hall–Kier alpha value is -2.20. The fourth-order valence-electron chi connectivity index (χ4n) is 2.12. The van der Waals surface area contributed by atoms with Gasteiger partial charge in [0.15, 0.2) is 0 Å². The number of hydrogen-bond donors (Lipinski definition) is 2. The second kappa shape index (κ2) is 7.88. The second-order valence-electron chi connectivity index (χ2n) is 4.78. The van der Waals surface area contributed by atoms with Gasteiger partial charge in [-0.05, 0) is 11.6 Å². The third kappa shape index (κ3) is 4.63. The number of amides is 1. The first-order valence-corrected chi connectivity index (χ1v) is 7.39. The Balaban J connectivity index is 2.24. The Morgan fingerprint density at radius 3 is 2.70 bits per heavy atom. The molecule has 126 valence electrons. The zero-order valence-corrected chi connectivity index (χ0v) is 13.3. The molecule has 1 aliphatic heterocycles. The van der Waals surface area contributed by atoms with E-state index in [1.54, 1.807) is 4.90 Å². The summed E-state index contributed by atoms with van der Waals surface area (Å²) in [6.07, 6.45) is 0. The lowest BCUT2D eigenvalue weighted by molar-refractivity contribution is -0.383. The third-order valence-electron chi connectivity index (χ3n) is 3.12. The molecular formula is C12H17ClN6O4. The van der Waals surface area contributed by atoms with Crippen LogP contribution in [-0.4, -0.2) is 60.2 Å². The summed E-state index contributed by atoms with van der Waals surface area (Å²) in [6, 6.07) is 0. The molecule has 1 aromatic heterocycles. The van der Waals surface area contributed by atoms with Crippen molar-refractivity contribution in [2.24, 2.45) is 0 Å². The molecule has 23 heavy (non-hydrogen) atoms. The number of rotatable bonds is 6. The summed E-state index contributed by atoms with van der Waals surface area (Å²) in [6.45, 7) is 3.87. The van der Waals surface area contributed by atoms with Crippen molar-refractivity contribution in [3.8, 4) is 0 Å². The number of hydrogen-bond acceptors (Lipinski definition) is 8. The van der Waals surface area contributed by atoms with Crippen molar-refractivity contribution in [2.45, 2.75) is 6.92 Å². The van der Waals surface area contributed by atoms with E-state index in [-0.39, 0.29) is 35.1 Å². The summed E-state index contributed by atoms with van der Waals surface area (Å²) in [5, 5.41) is 16.8. The van der Waals surface area contributed by atoms with Crippen molar-refractivity contribution >= 4 is 34.8 Å². The van der Waals surface area contributed by atoms with Gasteiger partial charge in [0, 0.05) is 33.1 Å². The summed E-state index contributed by atoms with van der Waals surface area (Å²) < 4.78 is 5.24.